The van der Waals surface area contributed by atoms with Gasteiger partial charge in [-0.3, -0.25) is 0 Å². The van der Waals surface area contributed by atoms with Crippen LogP contribution in [0.3, 0.4) is 0 Å². The van der Waals surface area contributed by atoms with Crippen LogP contribution in [-0.2, 0) is 19.3 Å². The Labute approximate surface area is 138 Å². The van der Waals surface area contributed by atoms with E-state index in [9.17, 15) is 5.11 Å². The molecular formula is C20H26OS. The number of aryl methyl sites for hydroxylation is 1. The highest BCUT2D eigenvalue weighted by Gasteiger charge is 2.26. The summed E-state index contributed by atoms with van der Waals surface area (Å²) in [6, 6.07) is 10.5. The van der Waals surface area contributed by atoms with Gasteiger partial charge >= 0.3 is 0 Å². The van der Waals surface area contributed by atoms with Crippen LogP contribution in [0.25, 0.3) is 0 Å². The van der Waals surface area contributed by atoms with Gasteiger partial charge in [0.2, 0.25) is 0 Å². The molecule has 2 aromatic rings. The Morgan fingerprint density at radius 2 is 2.14 bits per heavy atom. The van der Waals surface area contributed by atoms with E-state index in [4.69, 9.17) is 0 Å². The van der Waals surface area contributed by atoms with E-state index in [1.165, 1.54) is 48.1 Å². The lowest BCUT2D eigenvalue weighted by Gasteiger charge is -2.32. The molecule has 118 valence electrons. The van der Waals surface area contributed by atoms with Gasteiger partial charge in [0, 0.05) is 4.88 Å². The zero-order valence-electron chi connectivity index (χ0n) is 13.4. The molecule has 0 amide bonds. The summed E-state index contributed by atoms with van der Waals surface area (Å²) in [6.07, 6.45) is 8.59. The molecule has 1 aliphatic carbocycles. The van der Waals surface area contributed by atoms with Crippen LogP contribution in [0.2, 0.25) is 0 Å². The second-order valence-electron chi connectivity index (χ2n) is 6.58. The summed E-state index contributed by atoms with van der Waals surface area (Å²) in [6.45, 7) is 2.31. The Hall–Kier alpha value is -1.28. The monoisotopic (exact) mass is 314 g/mol. The molecule has 0 radical (unpaired) electrons. The lowest BCUT2D eigenvalue weighted by molar-refractivity contribution is 0.263. The molecule has 1 aromatic heterocycles. The fourth-order valence-electron chi connectivity index (χ4n) is 3.99. The molecule has 22 heavy (non-hydrogen) atoms. The first-order chi connectivity index (χ1) is 10.8. The topological polar surface area (TPSA) is 20.2 Å². The van der Waals surface area contributed by atoms with Gasteiger partial charge in [0.15, 0.2) is 0 Å². The van der Waals surface area contributed by atoms with Gasteiger partial charge in [-0.05, 0) is 72.6 Å². The maximum absolute atomic E-state index is 10.0. The quantitative estimate of drug-likeness (QED) is 0.735. The molecule has 1 aromatic carbocycles. The van der Waals surface area contributed by atoms with Gasteiger partial charge in [0.05, 0.1) is 0 Å². The largest absolute Gasteiger partial charge is 0.508 e. The predicted molar refractivity (Wildman–Crippen MR) is 94.7 cm³/mol. The third kappa shape index (κ3) is 3.55. The van der Waals surface area contributed by atoms with Crippen molar-refractivity contribution in [3.8, 4) is 5.75 Å². The van der Waals surface area contributed by atoms with Crippen LogP contribution in [-0.4, -0.2) is 5.11 Å². The summed E-state index contributed by atoms with van der Waals surface area (Å²) in [5.41, 5.74) is 2.58. The van der Waals surface area contributed by atoms with Crippen molar-refractivity contribution in [2.24, 2.45) is 11.8 Å². The summed E-state index contributed by atoms with van der Waals surface area (Å²) < 4.78 is 0. The van der Waals surface area contributed by atoms with Gasteiger partial charge in [0.25, 0.3) is 0 Å². The summed E-state index contributed by atoms with van der Waals surface area (Å²) in [5.74, 6) is 2.11. The molecule has 0 aliphatic heterocycles. The molecule has 2 atom stereocenters. The molecule has 3 rings (SSSR count). The maximum atomic E-state index is 10.0. The lowest BCUT2D eigenvalue weighted by atomic mass is 9.74. The first-order valence-electron chi connectivity index (χ1n) is 8.60. The summed E-state index contributed by atoms with van der Waals surface area (Å²) >= 11 is 1.89. The van der Waals surface area contributed by atoms with Crippen molar-refractivity contribution in [1.29, 1.82) is 0 Å². The van der Waals surface area contributed by atoms with Crippen molar-refractivity contribution in [2.45, 2.75) is 51.9 Å². The van der Waals surface area contributed by atoms with E-state index in [1.54, 1.807) is 0 Å². The minimum Gasteiger partial charge on any atom is -0.508 e. The molecule has 0 saturated heterocycles. The van der Waals surface area contributed by atoms with Crippen LogP contribution in [0.5, 0.6) is 5.75 Å². The van der Waals surface area contributed by atoms with Crippen molar-refractivity contribution >= 4 is 11.3 Å². The number of hydrogen-bond acceptors (Lipinski definition) is 2. The molecule has 0 bridgehead atoms. The highest BCUT2D eigenvalue weighted by molar-refractivity contribution is 7.09. The van der Waals surface area contributed by atoms with Crippen LogP contribution >= 0.6 is 11.3 Å². The van der Waals surface area contributed by atoms with E-state index in [1.807, 2.05) is 23.5 Å². The van der Waals surface area contributed by atoms with Crippen LogP contribution < -0.4 is 0 Å². The Morgan fingerprint density at radius 1 is 1.23 bits per heavy atom. The molecule has 0 fully saturated rings. The number of hydrogen-bond donors (Lipinski definition) is 1. The van der Waals surface area contributed by atoms with Crippen LogP contribution in [0, 0.1) is 11.8 Å². The number of phenolic OH excluding ortho intramolecular Hbond substituents is 1. The van der Waals surface area contributed by atoms with Crippen molar-refractivity contribution in [1.82, 2.24) is 0 Å². The molecule has 1 heterocycles. The van der Waals surface area contributed by atoms with Crippen molar-refractivity contribution in [3.63, 3.8) is 0 Å². The normalized spacial score (nSPS) is 18.9. The predicted octanol–water partition coefficient (Wildman–Crippen LogP) is 5.61. The third-order valence-corrected chi connectivity index (χ3v) is 6.10. The van der Waals surface area contributed by atoms with E-state index >= 15 is 0 Å². The number of rotatable bonds is 6. The first kappa shape index (κ1) is 15.6. The van der Waals surface area contributed by atoms with Gasteiger partial charge in [-0.2, -0.15) is 0 Å². The molecule has 0 saturated carbocycles. The minimum absolute atomic E-state index is 0.501. The lowest BCUT2D eigenvalue weighted by Crippen LogP contribution is -2.23. The smallest absolute Gasteiger partial charge is 0.119 e. The number of thiophene rings is 1. The highest BCUT2D eigenvalue weighted by Crippen LogP contribution is 2.37. The van der Waals surface area contributed by atoms with E-state index < -0.39 is 0 Å². The Kier molecular flexibility index (Phi) is 5.20. The number of benzene rings is 1. The Balaban J connectivity index is 1.67. The van der Waals surface area contributed by atoms with Gasteiger partial charge in [0.1, 0.15) is 5.75 Å². The number of fused-ring (bicyclic) bond motifs is 1. The van der Waals surface area contributed by atoms with E-state index in [2.05, 4.69) is 30.5 Å². The molecular weight excluding hydrogens is 288 g/mol. The SMILES string of the molecule is CCCC(CCc1cccs1)C1CCc2c(O)cccc2C1. The highest BCUT2D eigenvalue weighted by atomic mass is 32.1. The number of phenols is 1. The molecule has 1 aliphatic rings. The summed E-state index contributed by atoms with van der Waals surface area (Å²) in [5, 5.41) is 12.2. The van der Waals surface area contributed by atoms with Gasteiger partial charge in [-0.1, -0.05) is 38.0 Å². The minimum atomic E-state index is 0.501. The Morgan fingerprint density at radius 3 is 2.91 bits per heavy atom. The molecule has 1 N–H and O–H groups in total. The van der Waals surface area contributed by atoms with Crippen molar-refractivity contribution in [2.75, 3.05) is 0 Å². The average Bonchev–Trinajstić information content (AvgIpc) is 3.05. The Bertz CT molecular complexity index is 588. The zero-order valence-corrected chi connectivity index (χ0v) is 14.2. The summed E-state index contributed by atoms with van der Waals surface area (Å²) in [7, 11) is 0. The second kappa shape index (κ2) is 7.32. The van der Waals surface area contributed by atoms with Gasteiger partial charge in [-0.25, -0.2) is 0 Å². The standard InChI is InChI=1S/C20H26OS/c1-2-5-15(9-11-18-7-4-13-22-18)16-10-12-19-17(14-16)6-3-8-20(19)21/h3-4,6-8,13,15-16,21H,2,5,9-12,14H2,1H3. The molecule has 1 nitrogen and oxygen atoms in total. The maximum Gasteiger partial charge on any atom is 0.119 e. The third-order valence-electron chi connectivity index (χ3n) is 5.16. The first-order valence-corrected chi connectivity index (χ1v) is 9.48. The summed E-state index contributed by atoms with van der Waals surface area (Å²) in [4.78, 5) is 1.52. The zero-order chi connectivity index (χ0) is 15.4. The molecule has 2 unspecified atom stereocenters. The van der Waals surface area contributed by atoms with Crippen LogP contribution in [0.4, 0.5) is 0 Å². The van der Waals surface area contributed by atoms with E-state index in [-0.39, 0.29) is 0 Å². The fourth-order valence-corrected chi connectivity index (χ4v) is 4.71. The van der Waals surface area contributed by atoms with Crippen molar-refractivity contribution < 1.29 is 5.11 Å². The van der Waals surface area contributed by atoms with Gasteiger partial charge < -0.3 is 5.11 Å². The van der Waals surface area contributed by atoms with Gasteiger partial charge in [-0.15, -0.1) is 11.3 Å². The number of aromatic hydroxyl groups is 1. The van der Waals surface area contributed by atoms with Crippen LogP contribution in [0.15, 0.2) is 35.7 Å². The molecule has 2 heteroatoms. The molecule has 0 spiro atoms. The second-order valence-corrected chi connectivity index (χ2v) is 7.62. The van der Waals surface area contributed by atoms with Crippen LogP contribution in [0.1, 0.15) is 48.6 Å². The van der Waals surface area contributed by atoms with E-state index in [0.29, 0.717) is 5.75 Å². The van der Waals surface area contributed by atoms with Crippen molar-refractivity contribution in [3.05, 3.63) is 51.7 Å². The average molecular weight is 314 g/mol. The van der Waals surface area contributed by atoms with E-state index in [0.717, 1.165) is 24.7 Å². The fraction of sp³-hybridized carbons (Fsp3) is 0.500.